The van der Waals surface area contributed by atoms with Crippen molar-refractivity contribution in [1.29, 1.82) is 0 Å². The zero-order chi connectivity index (χ0) is 13.2. The third-order valence-corrected chi connectivity index (χ3v) is 5.71. The van der Waals surface area contributed by atoms with Crippen LogP contribution >= 0.6 is 0 Å². The lowest BCUT2D eigenvalue weighted by atomic mass is 10.2. The molecular formula is C10H14N2O4S2. The number of hydrogen-bond acceptors (Lipinski definition) is 4. The number of rotatable bonds is 3. The van der Waals surface area contributed by atoms with Gasteiger partial charge < -0.3 is 4.98 Å². The molecule has 2 rings (SSSR count). The molecule has 18 heavy (non-hydrogen) atoms. The maximum Gasteiger partial charge on any atom is 0.246 e. The molecule has 0 spiro atoms. The predicted octanol–water partition coefficient (Wildman–Crippen LogP) is -0.436. The van der Waals surface area contributed by atoms with Crippen LogP contribution in [0.2, 0.25) is 0 Å². The summed E-state index contributed by atoms with van der Waals surface area (Å²) in [6, 6.07) is 0.928. The lowest BCUT2D eigenvalue weighted by Crippen LogP contribution is -2.40. The maximum atomic E-state index is 12.0. The summed E-state index contributed by atoms with van der Waals surface area (Å²) in [5, 5.41) is 0. The minimum atomic E-state index is -3.80. The van der Waals surface area contributed by atoms with Crippen LogP contribution in [0.1, 0.15) is 12.8 Å². The van der Waals surface area contributed by atoms with Crippen LogP contribution in [0.5, 0.6) is 0 Å². The predicted molar refractivity (Wildman–Crippen MR) is 68.3 cm³/mol. The van der Waals surface area contributed by atoms with E-state index in [4.69, 9.17) is 0 Å². The Morgan fingerprint density at radius 1 is 1.33 bits per heavy atom. The first-order chi connectivity index (χ1) is 8.49. The number of sulfonamides is 1. The molecule has 0 atom stereocenters. The number of pyridine rings is 1. The van der Waals surface area contributed by atoms with Crippen molar-refractivity contribution >= 4 is 20.8 Å². The van der Waals surface area contributed by atoms with E-state index in [2.05, 4.69) is 9.71 Å². The van der Waals surface area contributed by atoms with E-state index in [1.54, 1.807) is 0 Å². The number of aromatic nitrogens is 1. The SMILES string of the molecule is O=c1cc[nH]cc1S(=O)(=O)NC1CCS(=O)CC1. The van der Waals surface area contributed by atoms with E-state index in [1.165, 1.54) is 18.5 Å². The van der Waals surface area contributed by atoms with Crippen LogP contribution in [-0.4, -0.2) is 35.2 Å². The minimum Gasteiger partial charge on any atom is -0.366 e. The van der Waals surface area contributed by atoms with Gasteiger partial charge in [-0.1, -0.05) is 0 Å². The molecule has 1 fully saturated rings. The second-order valence-corrected chi connectivity index (χ2v) is 7.50. The monoisotopic (exact) mass is 290 g/mol. The summed E-state index contributed by atoms with van der Waals surface area (Å²) in [6.07, 6.45) is 3.63. The van der Waals surface area contributed by atoms with E-state index >= 15 is 0 Å². The summed E-state index contributed by atoms with van der Waals surface area (Å²) in [7, 11) is -4.64. The lowest BCUT2D eigenvalue weighted by molar-refractivity contribution is 0.521. The summed E-state index contributed by atoms with van der Waals surface area (Å²) >= 11 is 0. The van der Waals surface area contributed by atoms with Gasteiger partial charge in [0.2, 0.25) is 15.5 Å². The van der Waals surface area contributed by atoms with Crippen LogP contribution in [0.15, 0.2) is 28.2 Å². The number of aromatic amines is 1. The highest BCUT2D eigenvalue weighted by Gasteiger charge is 2.25. The molecule has 100 valence electrons. The molecule has 1 aromatic heterocycles. The molecule has 0 aromatic carbocycles. The first kappa shape index (κ1) is 13.4. The van der Waals surface area contributed by atoms with E-state index in [0.717, 1.165) is 0 Å². The van der Waals surface area contributed by atoms with Crippen molar-refractivity contribution in [1.82, 2.24) is 9.71 Å². The summed E-state index contributed by atoms with van der Waals surface area (Å²) in [6.45, 7) is 0. The molecule has 2 N–H and O–H groups in total. The highest BCUT2D eigenvalue weighted by atomic mass is 32.2. The average Bonchev–Trinajstić information content (AvgIpc) is 2.32. The highest BCUT2D eigenvalue weighted by molar-refractivity contribution is 7.89. The quantitative estimate of drug-likeness (QED) is 0.789. The number of H-pyrrole nitrogens is 1. The highest BCUT2D eigenvalue weighted by Crippen LogP contribution is 2.12. The minimum absolute atomic E-state index is 0.243. The fourth-order valence-corrected chi connectivity index (χ4v) is 4.46. The Labute approximate surface area is 107 Å². The van der Waals surface area contributed by atoms with E-state index in [0.29, 0.717) is 24.3 Å². The number of hydrogen-bond donors (Lipinski definition) is 2. The van der Waals surface area contributed by atoms with Crippen molar-refractivity contribution in [2.75, 3.05) is 11.5 Å². The largest absolute Gasteiger partial charge is 0.366 e. The summed E-state index contributed by atoms with van der Waals surface area (Å²) in [5.41, 5.74) is -0.541. The van der Waals surface area contributed by atoms with Crippen LogP contribution in [0, 0.1) is 0 Å². The first-order valence-electron chi connectivity index (χ1n) is 5.53. The second-order valence-electron chi connectivity index (χ2n) is 4.12. The molecule has 0 radical (unpaired) electrons. The Morgan fingerprint density at radius 3 is 2.61 bits per heavy atom. The van der Waals surface area contributed by atoms with Gasteiger partial charge in [0.25, 0.3) is 0 Å². The van der Waals surface area contributed by atoms with Crippen LogP contribution in [-0.2, 0) is 20.8 Å². The molecule has 8 heteroatoms. The zero-order valence-corrected chi connectivity index (χ0v) is 11.2. The topological polar surface area (TPSA) is 96.1 Å². The van der Waals surface area contributed by atoms with Crippen molar-refractivity contribution in [2.45, 2.75) is 23.8 Å². The van der Waals surface area contributed by atoms with Crippen molar-refractivity contribution in [2.24, 2.45) is 0 Å². The molecule has 1 aromatic rings. The third kappa shape index (κ3) is 3.06. The van der Waals surface area contributed by atoms with Crippen LogP contribution in [0.25, 0.3) is 0 Å². The number of nitrogens with one attached hydrogen (secondary N) is 2. The third-order valence-electron chi connectivity index (χ3n) is 2.79. The summed E-state index contributed by atoms with van der Waals surface area (Å²) in [4.78, 5) is 13.8. The first-order valence-corrected chi connectivity index (χ1v) is 8.50. The molecule has 2 heterocycles. The molecule has 6 nitrogen and oxygen atoms in total. The molecule has 0 amide bonds. The smallest absolute Gasteiger partial charge is 0.246 e. The van der Waals surface area contributed by atoms with Crippen molar-refractivity contribution in [3.8, 4) is 0 Å². The van der Waals surface area contributed by atoms with Gasteiger partial charge in [-0.05, 0) is 12.8 Å². The normalized spacial score (nSPS) is 24.9. The van der Waals surface area contributed by atoms with Crippen molar-refractivity contribution in [3.05, 3.63) is 28.7 Å². The van der Waals surface area contributed by atoms with Crippen LogP contribution < -0.4 is 10.2 Å². The Bertz CT molecular complexity index is 598. The van der Waals surface area contributed by atoms with Gasteiger partial charge in [-0.25, -0.2) is 13.1 Å². The van der Waals surface area contributed by atoms with E-state index < -0.39 is 26.3 Å². The van der Waals surface area contributed by atoms with Gasteiger partial charge in [0.1, 0.15) is 4.90 Å². The van der Waals surface area contributed by atoms with Gasteiger partial charge in [-0.15, -0.1) is 0 Å². The van der Waals surface area contributed by atoms with Gasteiger partial charge in [-0.3, -0.25) is 9.00 Å². The van der Waals surface area contributed by atoms with Gasteiger partial charge in [0.05, 0.1) is 0 Å². The van der Waals surface area contributed by atoms with Crippen molar-refractivity contribution < 1.29 is 12.6 Å². The molecule has 1 aliphatic heterocycles. The Morgan fingerprint density at radius 2 is 2.00 bits per heavy atom. The van der Waals surface area contributed by atoms with Gasteiger partial charge in [0, 0.05) is 46.8 Å². The average molecular weight is 290 g/mol. The molecule has 0 aliphatic carbocycles. The van der Waals surface area contributed by atoms with Crippen molar-refractivity contribution in [3.63, 3.8) is 0 Å². The molecular weight excluding hydrogens is 276 g/mol. The lowest BCUT2D eigenvalue weighted by Gasteiger charge is -2.22. The standard InChI is InChI=1S/C10H14N2O4S2/c13-9-1-4-11-7-10(9)18(15,16)12-8-2-5-17(14)6-3-8/h1,4,7-8,12H,2-3,5-6H2,(H,11,13). The maximum absolute atomic E-state index is 12.0. The molecule has 0 bridgehead atoms. The molecule has 1 saturated heterocycles. The fraction of sp³-hybridized carbons (Fsp3) is 0.500. The van der Waals surface area contributed by atoms with Gasteiger partial charge in [-0.2, -0.15) is 0 Å². The summed E-state index contributed by atoms with van der Waals surface area (Å²) < 4.78 is 37.7. The van der Waals surface area contributed by atoms with E-state index in [-0.39, 0.29) is 10.9 Å². The van der Waals surface area contributed by atoms with Gasteiger partial charge in [0.15, 0.2) is 0 Å². The Hall–Kier alpha value is -0.990. The van der Waals surface area contributed by atoms with E-state index in [1.807, 2.05) is 0 Å². The Kier molecular flexibility index (Phi) is 3.98. The second kappa shape index (κ2) is 5.33. The molecule has 1 aliphatic rings. The van der Waals surface area contributed by atoms with Crippen LogP contribution in [0.4, 0.5) is 0 Å². The Balaban J connectivity index is 2.16. The summed E-state index contributed by atoms with van der Waals surface area (Å²) in [5.74, 6) is 0.997. The molecule has 0 unspecified atom stereocenters. The zero-order valence-electron chi connectivity index (χ0n) is 9.59. The fourth-order valence-electron chi connectivity index (χ4n) is 1.81. The van der Waals surface area contributed by atoms with Crippen LogP contribution in [0.3, 0.4) is 0 Å². The van der Waals surface area contributed by atoms with Gasteiger partial charge >= 0.3 is 0 Å². The molecule has 0 saturated carbocycles. The van der Waals surface area contributed by atoms with E-state index in [9.17, 15) is 17.4 Å².